The van der Waals surface area contributed by atoms with Gasteiger partial charge in [-0.25, -0.2) is 4.98 Å². The number of hydrogen-bond donors (Lipinski definition) is 1. The van der Waals surface area contributed by atoms with Crippen molar-refractivity contribution in [1.82, 2.24) is 9.97 Å². The summed E-state index contributed by atoms with van der Waals surface area (Å²) >= 11 is 0. The van der Waals surface area contributed by atoms with Gasteiger partial charge in [-0.2, -0.15) is 18.2 Å². The molecule has 21 heavy (non-hydrogen) atoms. The van der Waals surface area contributed by atoms with Crippen LogP contribution in [-0.4, -0.2) is 29.1 Å². The number of alkyl halides is 3. The van der Waals surface area contributed by atoms with E-state index in [4.69, 9.17) is 0 Å². The summed E-state index contributed by atoms with van der Waals surface area (Å²) in [6.07, 6.45) is -0.454. The predicted molar refractivity (Wildman–Crippen MR) is 76.5 cm³/mol. The quantitative estimate of drug-likeness (QED) is 0.921. The van der Waals surface area contributed by atoms with Crippen LogP contribution < -0.4 is 10.2 Å². The molecule has 2 heterocycles. The third kappa shape index (κ3) is 3.77. The van der Waals surface area contributed by atoms with Gasteiger partial charge in [-0.05, 0) is 32.6 Å². The van der Waals surface area contributed by atoms with Crippen LogP contribution in [0.1, 0.15) is 45.2 Å². The van der Waals surface area contributed by atoms with Gasteiger partial charge in [0.05, 0.1) is 0 Å². The van der Waals surface area contributed by atoms with E-state index < -0.39 is 11.9 Å². The Labute approximate surface area is 122 Å². The summed E-state index contributed by atoms with van der Waals surface area (Å²) in [5.41, 5.74) is -0.885. The van der Waals surface area contributed by atoms with Crippen LogP contribution in [0, 0.1) is 0 Å². The molecule has 0 radical (unpaired) electrons. The zero-order chi connectivity index (χ0) is 15.5. The van der Waals surface area contributed by atoms with E-state index in [9.17, 15) is 13.2 Å². The molecule has 0 saturated carbocycles. The molecule has 0 amide bonds. The fraction of sp³-hybridized carbons (Fsp3) is 0.714. The first-order valence-electron chi connectivity index (χ1n) is 7.42. The van der Waals surface area contributed by atoms with E-state index in [0.29, 0.717) is 12.4 Å². The van der Waals surface area contributed by atoms with Crippen molar-refractivity contribution in [3.05, 3.63) is 11.8 Å². The van der Waals surface area contributed by atoms with Crippen molar-refractivity contribution in [2.24, 2.45) is 0 Å². The first-order chi connectivity index (χ1) is 9.95. The summed E-state index contributed by atoms with van der Waals surface area (Å²) in [6, 6.07) is 1.32. The molecule has 1 aromatic heterocycles. The maximum Gasteiger partial charge on any atom is 0.433 e. The second-order valence-electron chi connectivity index (χ2n) is 5.21. The average Bonchev–Trinajstić information content (AvgIpc) is 2.46. The van der Waals surface area contributed by atoms with E-state index in [2.05, 4.69) is 22.2 Å². The number of nitrogens with zero attached hydrogens (tertiary/aromatic N) is 3. The SMILES string of the molecule is CCNc1nc(N2CCCCC2CC)cc(C(F)(F)F)n1. The molecule has 1 aromatic rings. The molecule has 4 nitrogen and oxygen atoms in total. The molecule has 1 N–H and O–H groups in total. The van der Waals surface area contributed by atoms with Gasteiger partial charge >= 0.3 is 6.18 Å². The second-order valence-corrected chi connectivity index (χ2v) is 5.21. The maximum atomic E-state index is 13.0. The molecule has 2 rings (SSSR count). The van der Waals surface area contributed by atoms with E-state index in [1.54, 1.807) is 6.92 Å². The highest BCUT2D eigenvalue weighted by Crippen LogP contribution is 2.32. The molecular formula is C14H21F3N4. The van der Waals surface area contributed by atoms with Gasteiger partial charge in [-0.15, -0.1) is 0 Å². The van der Waals surface area contributed by atoms with Crippen LogP contribution in [-0.2, 0) is 6.18 Å². The summed E-state index contributed by atoms with van der Waals surface area (Å²) in [5, 5.41) is 2.78. The molecule has 7 heteroatoms. The van der Waals surface area contributed by atoms with Gasteiger partial charge in [0.1, 0.15) is 5.82 Å². The minimum atomic E-state index is -4.46. The number of nitrogens with one attached hydrogen (secondary N) is 1. The third-order valence-corrected chi connectivity index (χ3v) is 3.73. The highest BCUT2D eigenvalue weighted by molar-refractivity contribution is 5.46. The first-order valence-corrected chi connectivity index (χ1v) is 7.42. The summed E-state index contributed by atoms with van der Waals surface area (Å²) in [7, 11) is 0. The van der Waals surface area contributed by atoms with Gasteiger partial charge in [0.25, 0.3) is 0 Å². The van der Waals surface area contributed by atoms with Crippen molar-refractivity contribution in [1.29, 1.82) is 0 Å². The molecule has 1 saturated heterocycles. The Balaban J connectivity index is 2.38. The van der Waals surface area contributed by atoms with Gasteiger partial charge in [-0.3, -0.25) is 0 Å². The molecule has 0 aromatic carbocycles. The molecule has 1 aliphatic rings. The molecular weight excluding hydrogens is 281 g/mol. The Morgan fingerprint density at radius 3 is 2.67 bits per heavy atom. The summed E-state index contributed by atoms with van der Waals surface area (Å²) < 4.78 is 39.0. The predicted octanol–water partition coefficient (Wildman–Crippen LogP) is 3.70. The van der Waals surface area contributed by atoms with Crippen LogP contribution in [0.4, 0.5) is 24.9 Å². The summed E-state index contributed by atoms with van der Waals surface area (Å²) in [5.74, 6) is 0.419. The molecule has 1 aliphatic heterocycles. The van der Waals surface area contributed by atoms with Crippen molar-refractivity contribution < 1.29 is 13.2 Å². The Bertz CT molecular complexity index is 476. The first kappa shape index (κ1) is 15.9. The molecule has 0 aliphatic carbocycles. The van der Waals surface area contributed by atoms with Crippen molar-refractivity contribution in [2.45, 2.75) is 51.7 Å². The van der Waals surface area contributed by atoms with Crippen molar-refractivity contribution >= 4 is 11.8 Å². The number of hydrogen-bond acceptors (Lipinski definition) is 4. The normalized spacial score (nSPS) is 19.7. The lowest BCUT2D eigenvalue weighted by molar-refractivity contribution is -0.141. The number of piperidine rings is 1. The smallest absolute Gasteiger partial charge is 0.354 e. The number of aromatic nitrogens is 2. The van der Waals surface area contributed by atoms with Gasteiger partial charge < -0.3 is 10.2 Å². The number of rotatable bonds is 4. The van der Waals surface area contributed by atoms with Crippen LogP contribution >= 0.6 is 0 Å². The fourth-order valence-electron chi connectivity index (χ4n) is 2.69. The van der Waals surface area contributed by atoms with Crippen LogP contribution in [0.5, 0.6) is 0 Å². The highest BCUT2D eigenvalue weighted by Gasteiger charge is 2.35. The molecule has 1 fully saturated rings. The molecule has 118 valence electrons. The van der Waals surface area contributed by atoms with E-state index in [-0.39, 0.29) is 12.0 Å². The number of halogens is 3. The van der Waals surface area contributed by atoms with Crippen LogP contribution in [0.15, 0.2) is 6.07 Å². The lowest BCUT2D eigenvalue weighted by atomic mass is 10.00. The lowest BCUT2D eigenvalue weighted by Gasteiger charge is -2.36. The van der Waals surface area contributed by atoms with Gasteiger partial charge in [-0.1, -0.05) is 6.92 Å². The zero-order valence-electron chi connectivity index (χ0n) is 12.4. The minimum absolute atomic E-state index is 0.0442. The third-order valence-electron chi connectivity index (χ3n) is 3.73. The summed E-state index contributed by atoms with van der Waals surface area (Å²) in [6.45, 7) is 5.09. The molecule has 1 unspecified atom stereocenters. The average molecular weight is 302 g/mol. The minimum Gasteiger partial charge on any atom is -0.354 e. The van der Waals surface area contributed by atoms with Crippen LogP contribution in [0.3, 0.4) is 0 Å². The van der Waals surface area contributed by atoms with Gasteiger partial charge in [0.2, 0.25) is 5.95 Å². The van der Waals surface area contributed by atoms with Crippen molar-refractivity contribution in [2.75, 3.05) is 23.3 Å². The van der Waals surface area contributed by atoms with Crippen molar-refractivity contribution in [3.63, 3.8) is 0 Å². The molecule has 0 spiro atoms. The Morgan fingerprint density at radius 1 is 1.29 bits per heavy atom. The van der Waals surface area contributed by atoms with Crippen LogP contribution in [0.25, 0.3) is 0 Å². The topological polar surface area (TPSA) is 41.1 Å². The molecule has 0 bridgehead atoms. The van der Waals surface area contributed by atoms with E-state index in [1.807, 2.05) is 4.90 Å². The second kappa shape index (κ2) is 6.49. The summed E-state index contributed by atoms with van der Waals surface area (Å²) in [4.78, 5) is 9.82. The molecule has 1 atom stereocenters. The Kier molecular flexibility index (Phi) is 4.90. The van der Waals surface area contributed by atoms with Gasteiger partial charge in [0.15, 0.2) is 5.69 Å². The lowest BCUT2D eigenvalue weighted by Crippen LogP contribution is -2.40. The van der Waals surface area contributed by atoms with E-state index in [1.165, 1.54) is 0 Å². The Morgan fingerprint density at radius 2 is 2.05 bits per heavy atom. The van der Waals surface area contributed by atoms with E-state index in [0.717, 1.165) is 38.3 Å². The largest absolute Gasteiger partial charge is 0.433 e. The Hall–Kier alpha value is -1.53. The number of anilines is 2. The fourth-order valence-corrected chi connectivity index (χ4v) is 2.69. The monoisotopic (exact) mass is 302 g/mol. The van der Waals surface area contributed by atoms with Crippen LogP contribution in [0.2, 0.25) is 0 Å². The highest BCUT2D eigenvalue weighted by atomic mass is 19.4. The standard InChI is InChI=1S/C14H21F3N4/c1-3-10-7-5-6-8-21(10)12-9-11(14(15,16)17)19-13(20-12)18-4-2/h9-10H,3-8H2,1-2H3,(H,18,19,20). The maximum absolute atomic E-state index is 13.0. The van der Waals surface area contributed by atoms with E-state index >= 15 is 0 Å². The van der Waals surface area contributed by atoms with Gasteiger partial charge in [0, 0.05) is 25.2 Å². The van der Waals surface area contributed by atoms with Crippen molar-refractivity contribution in [3.8, 4) is 0 Å². The zero-order valence-corrected chi connectivity index (χ0v) is 12.4.